The van der Waals surface area contributed by atoms with E-state index in [-0.39, 0.29) is 0 Å². The van der Waals surface area contributed by atoms with Crippen molar-refractivity contribution in [1.82, 2.24) is 5.32 Å². The van der Waals surface area contributed by atoms with Gasteiger partial charge in [-0.2, -0.15) is 0 Å². The summed E-state index contributed by atoms with van der Waals surface area (Å²) in [5, 5.41) is 3.91. The average molecular weight is 289 g/mol. The molecule has 4 atom stereocenters. The Hall–Kier alpha value is -0.860. The van der Waals surface area contributed by atoms with Crippen LogP contribution in [0.25, 0.3) is 0 Å². The molecule has 0 aromatic heterocycles. The van der Waals surface area contributed by atoms with Gasteiger partial charge in [-0.3, -0.25) is 0 Å². The topological polar surface area (TPSA) is 21.3 Å². The lowest BCUT2D eigenvalue weighted by molar-refractivity contribution is 0.119. The van der Waals surface area contributed by atoms with E-state index in [4.69, 9.17) is 4.74 Å². The van der Waals surface area contributed by atoms with Gasteiger partial charge in [0.25, 0.3) is 0 Å². The van der Waals surface area contributed by atoms with Crippen molar-refractivity contribution in [3.05, 3.63) is 35.9 Å². The largest absolute Gasteiger partial charge is 0.383 e. The van der Waals surface area contributed by atoms with Crippen LogP contribution in [0.3, 0.4) is 0 Å². The van der Waals surface area contributed by atoms with Crippen LogP contribution in [-0.2, 0) is 4.74 Å². The number of benzene rings is 1. The van der Waals surface area contributed by atoms with Crippen LogP contribution >= 0.6 is 0 Å². The zero-order valence-electron chi connectivity index (χ0n) is 14.0. The van der Waals surface area contributed by atoms with Crippen LogP contribution < -0.4 is 5.32 Å². The minimum absolute atomic E-state index is 0.299. The van der Waals surface area contributed by atoms with Crippen molar-refractivity contribution in [1.29, 1.82) is 0 Å². The third-order valence-electron chi connectivity index (χ3n) is 4.97. The molecule has 1 aromatic rings. The number of methoxy groups -OCH3 is 1. The standard InChI is InChI=1S/C19H31NO/c1-14(2)17-11-10-15(3)12-18(17)20-19(13-21-4)16-8-6-5-7-9-16/h5-9,14-15,17-20H,10-13H2,1-4H3. The van der Waals surface area contributed by atoms with Crippen LogP contribution in [0.2, 0.25) is 0 Å². The number of ether oxygens (including phenoxy) is 1. The predicted octanol–water partition coefficient (Wildman–Crippen LogP) is 4.42. The molecule has 1 fully saturated rings. The van der Waals surface area contributed by atoms with Crippen molar-refractivity contribution in [3.8, 4) is 0 Å². The first kappa shape index (κ1) is 16.5. The van der Waals surface area contributed by atoms with Gasteiger partial charge in [-0.15, -0.1) is 0 Å². The molecule has 21 heavy (non-hydrogen) atoms. The summed E-state index contributed by atoms with van der Waals surface area (Å²) in [6.07, 6.45) is 4.02. The Morgan fingerprint density at radius 1 is 1.19 bits per heavy atom. The summed E-state index contributed by atoms with van der Waals surface area (Å²) in [5.41, 5.74) is 1.33. The molecule has 1 aliphatic carbocycles. The third kappa shape index (κ3) is 4.55. The van der Waals surface area contributed by atoms with Crippen molar-refractivity contribution < 1.29 is 4.74 Å². The summed E-state index contributed by atoms with van der Waals surface area (Å²) < 4.78 is 5.46. The average Bonchev–Trinajstić information content (AvgIpc) is 2.47. The van der Waals surface area contributed by atoms with Gasteiger partial charge in [0.15, 0.2) is 0 Å². The highest BCUT2D eigenvalue weighted by Gasteiger charge is 2.32. The number of nitrogens with one attached hydrogen (secondary N) is 1. The molecule has 0 amide bonds. The molecule has 1 aliphatic rings. The summed E-state index contributed by atoms with van der Waals surface area (Å²) >= 11 is 0. The van der Waals surface area contributed by atoms with E-state index in [2.05, 4.69) is 56.4 Å². The Morgan fingerprint density at radius 3 is 2.52 bits per heavy atom. The van der Waals surface area contributed by atoms with Gasteiger partial charge in [-0.1, -0.05) is 57.5 Å². The molecule has 0 radical (unpaired) electrons. The van der Waals surface area contributed by atoms with Crippen molar-refractivity contribution in [2.24, 2.45) is 17.8 Å². The van der Waals surface area contributed by atoms with Gasteiger partial charge in [-0.05, 0) is 36.2 Å². The summed E-state index contributed by atoms with van der Waals surface area (Å²) in [4.78, 5) is 0. The van der Waals surface area contributed by atoms with Gasteiger partial charge < -0.3 is 10.1 Å². The number of hydrogen-bond acceptors (Lipinski definition) is 2. The molecule has 4 unspecified atom stereocenters. The molecule has 2 rings (SSSR count). The fourth-order valence-corrected chi connectivity index (χ4v) is 3.74. The van der Waals surface area contributed by atoms with Gasteiger partial charge in [-0.25, -0.2) is 0 Å². The third-order valence-corrected chi connectivity index (χ3v) is 4.97. The summed E-state index contributed by atoms with van der Waals surface area (Å²) in [6.45, 7) is 7.85. The zero-order chi connectivity index (χ0) is 15.2. The van der Waals surface area contributed by atoms with Crippen LogP contribution in [0.15, 0.2) is 30.3 Å². The van der Waals surface area contributed by atoms with Gasteiger partial charge in [0.05, 0.1) is 12.6 Å². The van der Waals surface area contributed by atoms with Crippen molar-refractivity contribution in [3.63, 3.8) is 0 Å². The first-order valence-corrected chi connectivity index (χ1v) is 8.41. The molecule has 2 heteroatoms. The van der Waals surface area contributed by atoms with E-state index in [1.54, 1.807) is 7.11 Å². The lowest BCUT2D eigenvalue weighted by Gasteiger charge is -2.40. The minimum atomic E-state index is 0.299. The summed E-state index contributed by atoms with van der Waals surface area (Å²) in [5.74, 6) is 2.36. The van der Waals surface area contributed by atoms with Crippen molar-refractivity contribution in [2.75, 3.05) is 13.7 Å². The monoisotopic (exact) mass is 289 g/mol. The van der Waals surface area contributed by atoms with E-state index < -0.39 is 0 Å². The maximum atomic E-state index is 5.46. The smallest absolute Gasteiger partial charge is 0.0657 e. The van der Waals surface area contributed by atoms with E-state index in [9.17, 15) is 0 Å². The Kier molecular flexibility index (Phi) is 6.25. The molecule has 0 aliphatic heterocycles. The second-order valence-electron chi connectivity index (χ2n) is 7.02. The fraction of sp³-hybridized carbons (Fsp3) is 0.684. The maximum Gasteiger partial charge on any atom is 0.0657 e. The summed E-state index contributed by atoms with van der Waals surface area (Å²) in [6, 6.07) is 11.6. The predicted molar refractivity (Wildman–Crippen MR) is 89.3 cm³/mol. The summed E-state index contributed by atoms with van der Waals surface area (Å²) in [7, 11) is 1.79. The molecular formula is C19H31NO. The molecule has 1 aromatic carbocycles. The lowest BCUT2D eigenvalue weighted by atomic mass is 9.73. The van der Waals surface area contributed by atoms with E-state index >= 15 is 0 Å². The van der Waals surface area contributed by atoms with Crippen LogP contribution in [0.5, 0.6) is 0 Å². The van der Waals surface area contributed by atoms with Gasteiger partial charge in [0, 0.05) is 13.2 Å². The fourth-order valence-electron chi connectivity index (χ4n) is 3.74. The molecule has 0 bridgehead atoms. The Balaban J connectivity index is 2.10. The zero-order valence-corrected chi connectivity index (χ0v) is 14.0. The highest BCUT2D eigenvalue weighted by Crippen LogP contribution is 2.34. The van der Waals surface area contributed by atoms with Gasteiger partial charge >= 0.3 is 0 Å². The van der Waals surface area contributed by atoms with E-state index in [0.29, 0.717) is 12.1 Å². The lowest BCUT2D eigenvalue weighted by Crippen LogP contribution is -2.45. The first-order valence-electron chi connectivity index (χ1n) is 8.41. The molecular weight excluding hydrogens is 258 g/mol. The molecule has 2 nitrogen and oxygen atoms in total. The van der Waals surface area contributed by atoms with Crippen LogP contribution in [-0.4, -0.2) is 19.8 Å². The molecule has 1 saturated carbocycles. The highest BCUT2D eigenvalue weighted by molar-refractivity contribution is 5.19. The van der Waals surface area contributed by atoms with E-state index in [1.165, 1.54) is 24.8 Å². The van der Waals surface area contributed by atoms with Gasteiger partial charge in [0.2, 0.25) is 0 Å². The van der Waals surface area contributed by atoms with E-state index in [0.717, 1.165) is 24.4 Å². The SMILES string of the molecule is COCC(NC1CC(C)CCC1C(C)C)c1ccccc1. The Morgan fingerprint density at radius 2 is 1.90 bits per heavy atom. The number of rotatable bonds is 6. The van der Waals surface area contributed by atoms with Crippen LogP contribution in [0, 0.1) is 17.8 Å². The second kappa shape index (κ2) is 7.95. The molecule has 0 saturated heterocycles. The van der Waals surface area contributed by atoms with E-state index in [1.807, 2.05) is 0 Å². The Bertz CT molecular complexity index is 403. The highest BCUT2D eigenvalue weighted by atomic mass is 16.5. The van der Waals surface area contributed by atoms with Crippen LogP contribution in [0.1, 0.15) is 51.6 Å². The molecule has 118 valence electrons. The second-order valence-corrected chi connectivity index (χ2v) is 7.02. The minimum Gasteiger partial charge on any atom is -0.383 e. The molecule has 1 N–H and O–H groups in total. The quantitative estimate of drug-likeness (QED) is 0.837. The van der Waals surface area contributed by atoms with Crippen LogP contribution in [0.4, 0.5) is 0 Å². The van der Waals surface area contributed by atoms with Crippen molar-refractivity contribution >= 4 is 0 Å². The normalized spacial score (nSPS) is 27.8. The molecule has 0 heterocycles. The maximum absolute atomic E-state index is 5.46. The molecule has 0 spiro atoms. The van der Waals surface area contributed by atoms with Crippen molar-refractivity contribution in [2.45, 2.75) is 52.1 Å². The van der Waals surface area contributed by atoms with Gasteiger partial charge in [0.1, 0.15) is 0 Å². The first-order chi connectivity index (χ1) is 10.1. The number of hydrogen-bond donors (Lipinski definition) is 1. The Labute approximate surface area is 130 Å².